The zero-order valence-corrected chi connectivity index (χ0v) is 6.78. The fourth-order valence-corrected chi connectivity index (χ4v) is 0.410. The van der Waals surface area contributed by atoms with E-state index < -0.39 is 11.3 Å². The number of carbonyl (C=O) groups is 1. The first-order valence-corrected chi connectivity index (χ1v) is 3.43. The van der Waals surface area contributed by atoms with E-state index in [1.165, 1.54) is 6.92 Å². The fourth-order valence-electron chi connectivity index (χ4n) is 0.347. The molecule has 0 N–H and O–H groups in total. The smallest absolute Gasteiger partial charge is 0.323 e. The lowest BCUT2D eigenvalue weighted by molar-refractivity contribution is -0.142. The van der Waals surface area contributed by atoms with Gasteiger partial charge in [-0.1, -0.05) is 5.11 Å². The van der Waals surface area contributed by atoms with Gasteiger partial charge in [-0.3, -0.25) is 4.79 Å². The molecule has 0 amide bonds. The minimum absolute atomic E-state index is 0.0833. The predicted molar refractivity (Wildman–Crippen MR) is 40.3 cm³/mol. The average molecular weight is 178 g/mol. The number of hydrogen-bond acceptors (Lipinski definition) is 3. The van der Waals surface area contributed by atoms with Crippen molar-refractivity contribution in [2.45, 2.75) is 12.3 Å². The molecule has 0 aromatic heterocycles. The number of carbonyl (C=O) groups excluding carboxylic acids is 1. The molecule has 0 aromatic rings. The molecule has 0 heterocycles. The SMILES string of the molecule is CC(Cl)C(=O)OCCN=[N+]=[N-]. The summed E-state index contributed by atoms with van der Waals surface area (Å²) >= 11 is 5.36. The molecule has 0 aromatic carbocycles. The molecule has 1 atom stereocenters. The summed E-state index contributed by atoms with van der Waals surface area (Å²) in [5.74, 6) is -0.500. The van der Waals surface area contributed by atoms with Crippen molar-refractivity contribution in [2.75, 3.05) is 13.2 Å². The van der Waals surface area contributed by atoms with Gasteiger partial charge in [0.25, 0.3) is 0 Å². The van der Waals surface area contributed by atoms with Gasteiger partial charge in [0.15, 0.2) is 0 Å². The summed E-state index contributed by atoms with van der Waals surface area (Å²) in [6.45, 7) is 1.74. The zero-order valence-electron chi connectivity index (χ0n) is 6.03. The number of esters is 1. The van der Waals surface area contributed by atoms with Gasteiger partial charge in [-0.2, -0.15) is 0 Å². The van der Waals surface area contributed by atoms with Crippen LogP contribution in [0.5, 0.6) is 0 Å². The molecule has 11 heavy (non-hydrogen) atoms. The van der Waals surface area contributed by atoms with E-state index in [4.69, 9.17) is 17.1 Å². The molecule has 0 saturated heterocycles. The highest BCUT2D eigenvalue weighted by Gasteiger charge is 2.08. The third-order valence-corrected chi connectivity index (χ3v) is 1.00. The lowest BCUT2D eigenvalue weighted by atomic mass is 10.5. The third-order valence-electron chi connectivity index (χ3n) is 0.824. The van der Waals surface area contributed by atoms with Gasteiger partial charge in [0.1, 0.15) is 5.38 Å². The van der Waals surface area contributed by atoms with Crippen molar-refractivity contribution in [1.29, 1.82) is 0 Å². The Morgan fingerprint density at radius 3 is 3.00 bits per heavy atom. The van der Waals surface area contributed by atoms with E-state index >= 15 is 0 Å². The number of azide groups is 1. The van der Waals surface area contributed by atoms with Gasteiger partial charge in [0.2, 0.25) is 0 Å². The molecule has 0 rings (SSSR count). The van der Waals surface area contributed by atoms with Gasteiger partial charge < -0.3 is 4.74 Å². The van der Waals surface area contributed by atoms with Crippen molar-refractivity contribution < 1.29 is 9.53 Å². The summed E-state index contributed by atoms with van der Waals surface area (Å²) in [7, 11) is 0. The number of ether oxygens (including phenoxy) is 1. The third kappa shape index (κ3) is 5.51. The largest absolute Gasteiger partial charge is 0.464 e. The van der Waals surface area contributed by atoms with Crippen LogP contribution in [0.2, 0.25) is 0 Å². The lowest BCUT2D eigenvalue weighted by Crippen LogP contribution is -2.15. The minimum Gasteiger partial charge on any atom is -0.464 e. The van der Waals surface area contributed by atoms with Crippen LogP contribution in [0.3, 0.4) is 0 Å². The van der Waals surface area contributed by atoms with E-state index in [0.717, 1.165) is 0 Å². The van der Waals surface area contributed by atoms with E-state index in [0.29, 0.717) is 0 Å². The first-order chi connectivity index (χ1) is 5.18. The number of hydrogen-bond donors (Lipinski definition) is 0. The van der Waals surface area contributed by atoms with Gasteiger partial charge >= 0.3 is 5.97 Å². The normalized spacial score (nSPS) is 11.5. The van der Waals surface area contributed by atoms with Crippen LogP contribution in [0.1, 0.15) is 6.92 Å². The monoisotopic (exact) mass is 177 g/mol. The van der Waals surface area contributed by atoms with Crippen LogP contribution in [0.15, 0.2) is 5.11 Å². The van der Waals surface area contributed by atoms with E-state index in [9.17, 15) is 4.79 Å². The van der Waals surface area contributed by atoms with Crippen molar-refractivity contribution in [3.05, 3.63) is 10.4 Å². The maximum Gasteiger partial charge on any atom is 0.323 e. The highest BCUT2D eigenvalue weighted by atomic mass is 35.5. The van der Waals surface area contributed by atoms with Crippen LogP contribution in [-0.2, 0) is 9.53 Å². The van der Waals surface area contributed by atoms with Crippen LogP contribution >= 0.6 is 11.6 Å². The van der Waals surface area contributed by atoms with E-state index in [1.54, 1.807) is 0 Å². The molecule has 62 valence electrons. The molecule has 0 saturated carbocycles. The Morgan fingerprint density at radius 1 is 1.91 bits per heavy atom. The maximum absolute atomic E-state index is 10.6. The second-order valence-electron chi connectivity index (χ2n) is 1.74. The van der Waals surface area contributed by atoms with Gasteiger partial charge in [0, 0.05) is 4.91 Å². The molecule has 0 radical (unpaired) electrons. The Balaban J connectivity index is 3.39. The second-order valence-corrected chi connectivity index (χ2v) is 2.39. The Kier molecular flexibility index (Phi) is 5.33. The highest BCUT2D eigenvalue weighted by Crippen LogP contribution is 1.95. The predicted octanol–water partition coefficient (Wildman–Crippen LogP) is 1.47. The van der Waals surface area contributed by atoms with Gasteiger partial charge in [0.05, 0.1) is 13.2 Å². The van der Waals surface area contributed by atoms with Crippen molar-refractivity contribution in [2.24, 2.45) is 5.11 Å². The number of alkyl halides is 1. The summed E-state index contributed by atoms with van der Waals surface area (Å²) < 4.78 is 4.57. The standard InChI is InChI=1S/C5H8ClN3O2/c1-4(6)5(10)11-3-2-8-9-7/h4H,2-3H2,1H3. The summed E-state index contributed by atoms with van der Waals surface area (Å²) in [5, 5.41) is 2.51. The van der Waals surface area contributed by atoms with Crippen LogP contribution in [0.25, 0.3) is 10.4 Å². The van der Waals surface area contributed by atoms with Gasteiger partial charge in [-0.25, -0.2) is 0 Å². The molecule has 0 fully saturated rings. The molecule has 6 heteroatoms. The topological polar surface area (TPSA) is 75.1 Å². The van der Waals surface area contributed by atoms with Crippen LogP contribution < -0.4 is 0 Å². The first-order valence-electron chi connectivity index (χ1n) is 3.00. The quantitative estimate of drug-likeness (QED) is 0.163. The molecule has 0 aliphatic heterocycles. The molecule has 5 nitrogen and oxygen atoms in total. The Hall–Kier alpha value is -0.930. The zero-order chi connectivity index (χ0) is 8.69. The van der Waals surface area contributed by atoms with E-state index in [-0.39, 0.29) is 13.2 Å². The average Bonchev–Trinajstić information content (AvgIpc) is 1.97. The van der Waals surface area contributed by atoms with Crippen molar-refractivity contribution >= 4 is 17.6 Å². The van der Waals surface area contributed by atoms with Crippen LogP contribution in [0.4, 0.5) is 0 Å². The Bertz CT molecular complexity index is 177. The minimum atomic E-state index is -0.652. The number of rotatable bonds is 4. The molecule has 0 aliphatic rings. The van der Waals surface area contributed by atoms with E-state index in [2.05, 4.69) is 14.8 Å². The summed E-state index contributed by atoms with van der Waals surface area (Å²) in [5.41, 5.74) is 7.83. The van der Waals surface area contributed by atoms with Gasteiger partial charge in [-0.05, 0) is 12.5 Å². The molecule has 1 unspecified atom stereocenters. The van der Waals surface area contributed by atoms with Crippen molar-refractivity contribution in [3.8, 4) is 0 Å². The first kappa shape index (κ1) is 10.1. The summed E-state index contributed by atoms with van der Waals surface area (Å²) in [4.78, 5) is 13.1. The second kappa shape index (κ2) is 5.82. The molecule has 0 bridgehead atoms. The van der Waals surface area contributed by atoms with Crippen molar-refractivity contribution in [1.82, 2.24) is 0 Å². The van der Waals surface area contributed by atoms with E-state index in [1.807, 2.05) is 0 Å². The van der Waals surface area contributed by atoms with Gasteiger partial charge in [-0.15, -0.1) is 11.6 Å². The lowest BCUT2D eigenvalue weighted by Gasteiger charge is -2.02. The molecular formula is C5H8ClN3O2. The highest BCUT2D eigenvalue weighted by molar-refractivity contribution is 6.29. The van der Waals surface area contributed by atoms with Crippen LogP contribution in [0, 0.1) is 0 Å². The molecule has 0 spiro atoms. The summed E-state index contributed by atoms with van der Waals surface area (Å²) in [6.07, 6.45) is 0. The maximum atomic E-state index is 10.6. The van der Waals surface area contributed by atoms with Crippen LogP contribution in [-0.4, -0.2) is 24.5 Å². The van der Waals surface area contributed by atoms with Crippen molar-refractivity contribution in [3.63, 3.8) is 0 Å². The Morgan fingerprint density at radius 2 is 2.55 bits per heavy atom. The number of nitrogens with zero attached hydrogens (tertiary/aromatic N) is 3. The summed E-state index contributed by atoms with van der Waals surface area (Å²) in [6, 6.07) is 0. The Labute approximate surface area is 68.9 Å². The fraction of sp³-hybridized carbons (Fsp3) is 0.800. The number of halogens is 1. The molecular weight excluding hydrogens is 170 g/mol. The molecule has 0 aliphatic carbocycles.